The molecule has 6 heteroatoms. The largest absolute Gasteiger partial charge is 0.324 e. The Balaban J connectivity index is 2.93. The minimum absolute atomic E-state index is 0.0776. The van der Waals surface area contributed by atoms with Crippen molar-refractivity contribution in [3.05, 3.63) is 27.1 Å². The van der Waals surface area contributed by atoms with E-state index in [2.05, 4.69) is 0 Å². The fourth-order valence-electron chi connectivity index (χ4n) is 1.07. The van der Waals surface area contributed by atoms with Crippen LogP contribution in [0.3, 0.4) is 0 Å². The Labute approximate surface area is 90.1 Å². The van der Waals surface area contributed by atoms with E-state index >= 15 is 0 Å². The molecule has 0 radical (unpaired) electrons. The topological polar surface area (TPSA) is 84.0 Å². The molecule has 1 aromatic heterocycles. The zero-order valence-corrected chi connectivity index (χ0v) is 8.78. The molecule has 78 valence electrons. The van der Waals surface area contributed by atoms with Crippen LogP contribution in [0, 0.1) is 27.4 Å². The van der Waals surface area contributed by atoms with Crippen molar-refractivity contribution in [1.29, 1.82) is 5.26 Å². The van der Waals surface area contributed by atoms with E-state index < -0.39 is 10.8 Å². The van der Waals surface area contributed by atoms with Gasteiger partial charge in [0.1, 0.15) is 5.92 Å². The molecule has 0 amide bonds. The molecule has 0 saturated heterocycles. The summed E-state index contributed by atoms with van der Waals surface area (Å²) in [4.78, 5) is 21.7. The second kappa shape index (κ2) is 4.66. The molecule has 1 unspecified atom stereocenters. The first-order valence-electron chi connectivity index (χ1n) is 4.28. The lowest BCUT2D eigenvalue weighted by Gasteiger charge is -2.00. The van der Waals surface area contributed by atoms with Crippen LogP contribution in [-0.4, -0.2) is 10.7 Å². The van der Waals surface area contributed by atoms with Crippen LogP contribution in [0.25, 0.3) is 0 Å². The summed E-state index contributed by atoms with van der Waals surface area (Å²) in [7, 11) is 0. The quantitative estimate of drug-likeness (QED) is 0.446. The molecule has 1 atom stereocenters. The number of rotatable bonds is 4. The Morgan fingerprint density at radius 1 is 1.73 bits per heavy atom. The lowest BCUT2D eigenvalue weighted by Crippen LogP contribution is -2.09. The molecule has 0 aliphatic carbocycles. The van der Waals surface area contributed by atoms with E-state index in [4.69, 9.17) is 5.26 Å². The molecule has 5 nitrogen and oxygen atoms in total. The van der Waals surface area contributed by atoms with Crippen LogP contribution in [-0.2, 0) is 0 Å². The average molecular weight is 224 g/mol. The minimum Gasteiger partial charge on any atom is -0.292 e. The van der Waals surface area contributed by atoms with Crippen LogP contribution in [0.4, 0.5) is 5.00 Å². The maximum Gasteiger partial charge on any atom is 0.324 e. The van der Waals surface area contributed by atoms with Gasteiger partial charge in [-0.3, -0.25) is 14.9 Å². The fraction of sp³-hybridized carbons (Fsp3) is 0.333. The van der Waals surface area contributed by atoms with Crippen LogP contribution in [0.15, 0.2) is 12.1 Å². The van der Waals surface area contributed by atoms with Crippen molar-refractivity contribution in [2.45, 2.75) is 13.3 Å². The van der Waals surface area contributed by atoms with Gasteiger partial charge in [-0.15, -0.1) is 0 Å². The van der Waals surface area contributed by atoms with Gasteiger partial charge in [0.2, 0.25) is 0 Å². The van der Waals surface area contributed by atoms with Gasteiger partial charge in [0.05, 0.1) is 15.9 Å². The van der Waals surface area contributed by atoms with Crippen molar-refractivity contribution in [3.8, 4) is 6.07 Å². The SMILES string of the molecule is CCC(C#N)C(=O)c1ccc([N+](=O)[O-])s1. The molecule has 0 aromatic carbocycles. The number of hydrogen-bond acceptors (Lipinski definition) is 5. The van der Waals surface area contributed by atoms with Crippen molar-refractivity contribution in [1.82, 2.24) is 0 Å². The number of nitrogens with zero attached hydrogens (tertiary/aromatic N) is 2. The first kappa shape index (κ1) is 11.3. The van der Waals surface area contributed by atoms with Crippen molar-refractivity contribution in [3.63, 3.8) is 0 Å². The first-order valence-corrected chi connectivity index (χ1v) is 5.09. The Morgan fingerprint density at radius 2 is 2.40 bits per heavy atom. The van der Waals surface area contributed by atoms with Crippen LogP contribution < -0.4 is 0 Å². The summed E-state index contributed by atoms with van der Waals surface area (Å²) in [5.41, 5.74) is 0. The number of carbonyl (C=O) groups excluding carboxylic acids is 1. The molecule has 1 rings (SSSR count). The summed E-state index contributed by atoms with van der Waals surface area (Å²) >= 11 is 0.808. The molecule has 0 saturated carbocycles. The van der Waals surface area contributed by atoms with Gasteiger partial charge in [0.25, 0.3) is 0 Å². The van der Waals surface area contributed by atoms with E-state index in [0.29, 0.717) is 6.42 Å². The highest BCUT2D eigenvalue weighted by Crippen LogP contribution is 2.26. The molecular weight excluding hydrogens is 216 g/mol. The summed E-state index contributed by atoms with van der Waals surface area (Å²) < 4.78 is 0. The highest BCUT2D eigenvalue weighted by molar-refractivity contribution is 7.17. The van der Waals surface area contributed by atoms with Crippen molar-refractivity contribution in [2.75, 3.05) is 0 Å². The Morgan fingerprint density at radius 3 is 2.80 bits per heavy atom. The smallest absolute Gasteiger partial charge is 0.292 e. The van der Waals surface area contributed by atoms with Crippen LogP contribution >= 0.6 is 11.3 Å². The number of hydrogen-bond donors (Lipinski definition) is 0. The molecule has 0 bridgehead atoms. The van der Waals surface area contributed by atoms with E-state index in [1.807, 2.05) is 6.07 Å². The fourth-order valence-corrected chi connectivity index (χ4v) is 1.88. The van der Waals surface area contributed by atoms with Gasteiger partial charge in [-0.1, -0.05) is 18.3 Å². The van der Waals surface area contributed by atoms with E-state index in [0.717, 1.165) is 11.3 Å². The van der Waals surface area contributed by atoms with Crippen LogP contribution in [0.2, 0.25) is 0 Å². The molecule has 0 N–H and O–H groups in total. The van der Waals surface area contributed by atoms with Crippen molar-refractivity contribution in [2.24, 2.45) is 5.92 Å². The predicted molar refractivity (Wildman–Crippen MR) is 54.7 cm³/mol. The van der Waals surface area contributed by atoms with Gasteiger partial charge in [0, 0.05) is 6.07 Å². The first-order chi connectivity index (χ1) is 7.10. The lowest BCUT2D eigenvalue weighted by molar-refractivity contribution is -0.380. The molecule has 1 heterocycles. The van der Waals surface area contributed by atoms with E-state index in [1.54, 1.807) is 6.92 Å². The summed E-state index contributed by atoms with van der Waals surface area (Å²) in [5, 5.41) is 19.0. The Kier molecular flexibility index (Phi) is 3.52. The minimum atomic E-state index is -0.705. The molecule has 0 aliphatic heterocycles. The lowest BCUT2D eigenvalue weighted by atomic mass is 10.0. The van der Waals surface area contributed by atoms with Gasteiger partial charge in [0.15, 0.2) is 5.78 Å². The van der Waals surface area contributed by atoms with Gasteiger partial charge >= 0.3 is 5.00 Å². The molecule has 1 aromatic rings. The maximum absolute atomic E-state index is 11.6. The van der Waals surface area contributed by atoms with E-state index in [1.165, 1.54) is 12.1 Å². The third-order valence-corrected chi connectivity index (χ3v) is 2.95. The monoisotopic (exact) mass is 224 g/mol. The molecule has 15 heavy (non-hydrogen) atoms. The maximum atomic E-state index is 11.6. The normalized spacial score (nSPS) is 11.7. The molecular formula is C9H8N2O3S. The van der Waals surface area contributed by atoms with Crippen molar-refractivity contribution >= 4 is 22.1 Å². The Bertz CT molecular complexity index is 433. The van der Waals surface area contributed by atoms with E-state index in [-0.39, 0.29) is 15.7 Å². The Hall–Kier alpha value is -1.74. The summed E-state index contributed by atoms with van der Waals surface area (Å²) in [6, 6.07) is 4.55. The average Bonchev–Trinajstić information content (AvgIpc) is 2.68. The summed E-state index contributed by atoms with van der Waals surface area (Å²) in [6.07, 6.45) is 0.418. The second-order valence-corrected chi connectivity index (χ2v) is 3.91. The standard InChI is InChI=1S/C9H8N2O3S/c1-2-6(5-10)9(12)7-3-4-8(15-7)11(13)14/h3-4,6H,2H2,1H3. The number of ketones is 1. The van der Waals surface area contributed by atoms with Crippen LogP contribution in [0.5, 0.6) is 0 Å². The summed E-state index contributed by atoms with van der Waals surface area (Å²) in [5.74, 6) is -1.04. The number of thiophene rings is 1. The van der Waals surface area contributed by atoms with E-state index in [9.17, 15) is 14.9 Å². The van der Waals surface area contributed by atoms with Gasteiger partial charge in [-0.25, -0.2) is 0 Å². The third kappa shape index (κ3) is 2.39. The number of carbonyl (C=O) groups is 1. The number of nitro groups is 1. The zero-order chi connectivity index (χ0) is 11.4. The van der Waals surface area contributed by atoms with Gasteiger partial charge in [-0.05, 0) is 12.5 Å². The highest BCUT2D eigenvalue weighted by Gasteiger charge is 2.21. The van der Waals surface area contributed by atoms with Gasteiger partial charge < -0.3 is 0 Å². The zero-order valence-electron chi connectivity index (χ0n) is 7.97. The van der Waals surface area contributed by atoms with Crippen molar-refractivity contribution < 1.29 is 9.72 Å². The molecule has 0 spiro atoms. The van der Waals surface area contributed by atoms with Crippen LogP contribution in [0.1, 0.15) is 23.0 Å². The number of nitriles is 1. The highest BCUT2D eigenvalue weighted by atomic mass is 32.1. The molecule has 0 fully saturated rings. The predicted octanol–water partition coefficient (Wildman–Crippen LogP) is 2.39. The molecule has 0 aliphatic rings. The summed E-state index contributed by atoms with van der Waals surface area (Å²) in [6.45, 7) is 1.73. The van der Waals surface area contributed by atoms with Gasteiger partial charge in [-0.2, -0.15) is 5.26 Å². The second-order valence-electron chi connectivity index (χ2n) is 2.85. The number of Topliss-reactive ketones (excluding diaryl/α,β-unsaturated/α-hetero) is 1. The third-order valence-electron chi connectivity index (χ3n) is 1.90.